The van der Waals surface area contributed by atoms with Crippen molar-refractivity contribution in [2.45, 2.75) is 26.2 Å². The molecule has 0 bridgehead atoms. The molecule has 1 heterocycles. The van der Waals surface area contributed by atoms with E-state index in [2.05, 4.69) is 0 Å². The van der Waals surface area contributed by atoms with E-state index in [0.717, 1.165) is 31.6 Å². The first-order chi connectivity index (χ1) is 10.6. The lowest BCUT2D eigenvalue weighted by Gasteiger charge is -2.14. The largest absolute Gasteiger partial charge is 0.511 e. The van der Waals surface area contributed by atoms with Gasteiger partial charge in [0.05, 0.1) is 5.57 Å². The van der Waals surface area contributed by atoms with Crippen LogP contribution in [0, 0.1) is 18.8 Å². The Morgan fingerprint density at radius 3 is 2.95 bits per heavy atom. The van der Waals surface area contributed by atoms with E-state index < -0.39 is 0 Å². The molecule has 3 rings (SSSR count). The zero-order valence-corrected chi connectivity index (χ0v) is 12.7. The van der Waals surface area contributed by atoms with Crippen LogP contribution in [0.15, 0.2) is 24.0 Å². The Labute approximate surface area is 129 Å². The molecule has 5 nitrogen and oxygen atoms in total. The van der Waals surface area contributed by atoms with Crippen LogP contribution in [0.5, 0.6) is 5.75 Å². The molecule has 1 aromatic carbocycles. The standard InChI is InChI=1S/C17H21NO4/c1-10-2-3-13(22-18)8-14(10)16-15(19)7-12(17(16)20)6-11-4-5-21-9-11/h2-3,8,11-12,20H,4-7,9,18H2,1H3. The lowest BCUT2D eigenvalue weighted by molar-refractivity contribution is -0.113. The molecule has 3 N–H and O–H groups in total. The van der Waals surface area contributed by atoms with Gasteiger partial charge in [-0.1, -0.05) is 6.07 Å². The highest BCUT2D eigenvalue weighted by atomic mass is 16.6. The van der Waals surface area contributed by atoms with E-state index in [1.54, 1.807) is 12.1 Å². The molecule has 118 valence electrons. The van der Waals surface area contributed by atoms with E-state index in [9.17, 15) is 9.90 Å². The molecule has 5 heteroatoms. The molecular formula is C17H21NO4. The van der Waals surface area contributed by atoms with Gasteiger partial charge < -0.3 is 14.7 Å². The zero-order valence-electron chi connectivity index (χ0n) is 12.7. The number of carbonyl (C=O) groups excluding carboxylic acids is 1. The van der Waals surface area contributed by atoms with Crippen molar-refractivity contribution in [2.24, 2.45) is 17.7 Å². The third-order valence-electron chi connectivity index (χ3n) is 4.61. The number of allylic oxidation sites excluding steroid dienone is 2. The second-order valence-corrected chi connectivity index (χ2v) is 6.14. The summed E-state index contributed by atoms with van der Waals surface area (Å²) < 4.78 is 5.38. The van der Waals surface area contributed by atoms with Crippen LogP contribution in [0.3, 0.4) is 0 Å². The Bertz CT molecular complexity index is 617. The third-order valence-corrected chi connectivity index (χ3v) is 4.61. The summed E-state index contributed by atoms with van der Waals surface area (Å²) >= 11 is 0. The normalized spacial score (nSPS) is 25.1. The summed E-state index contributed by atoms with van der Waals surface area (Å²) in [5, 5.41) is 10.6. The maximum absolute atomic E-state index is 12.4. The van der Waals surface area contributed by atoms with Crippen molar-refractivity contribution in [3.63, 3.8) is 0 Å². The summed E-state index contributed by atoms with van der Waals surface area (Å²) in [6.07, 6.45) is 2.17. The highest BCUT2D eigenvalue weighted by Gasteiger charge is 2.35. The first-order valence-electron chi connectivity index (χ1n) is 7.62. The Morgan fingerprint density at radius 1 is 1.45 bits per heavy atom. The molecular weight excluding hydrogens is 282 g/mol. The quantitative estimate of drug-likeness (QED) is 0.835. The molecule has 0 amide bonds. The number of Topliss-reactive ketones (excluding diaryl/α,β-unsaturated/α-hetero) is 1. The number of hydrogen-bond acceptors (Lipinski definition) is 5. The van der Waals surface area contributed by atoms with Crippen LogP contribution in [0.25, 0.3) is 5.57 Å². The van der Waals surface area contributed by atoms with Gasteiger partial charge in [0, 0.05) is 25.6 Å². The van der Waals surface area contributed by atoms with Gasteiger partial charge >= 0.3 is 0 Å². The van der Waals surface area contributed by atoms with Crippen LogP contribution in [0.1, 0.15) is 30.4 Å². The number of hydrogen-bond donors (Lipinski definition) is 2. The molecule has 1 saturated heterocycles. The van der Waals surface area contributed by atoms with Gasteiger partial charge in [0.2, 0.25) is 0 Å². The van der Waals surface area contributed by atoms with Gasteiger partial charge in [-0.15, -0.1) is 0 Å². The van der Waals surface area contributed by atoms with Crippen molar-refractivity contribution in [3.05, 3.63) is 35.1 Å². The number of rotatable bonds is 4. The smallest absolute Gasteiger partial charge is 0.167 e. The van der Waals surface area contributed by atoms with Gasteiger partial charge in [0.1, 0.15) is 11.5 Å². The Hall–Kier alpha value is -1.85. The van der Waals surface area contributed by atoms with Crippen molar-refractivity contribution in [1.29, 1.82) is 0 Å². The van der Waals surface area contributed by atoms with Crippen molar-refractivity contribution in [1.82, 2.24) is 0 Å². The molecule has 22 heavy (non-hydrogen) atoms. The van der Waals surface area contributed by atoms with Crippen LogP contribution in [0.4, 0.5) is 0 Å². The average molecular weight is 303 g/mol. The molecule has 0 radical (unpaired) electrons. The van der Waals surface area contributed by atoms with Gasteiger partial charge in [-0.3, -0.25) is 4.79 Å². The van der Waals surface area contributed by atoms with Crippen molar-refractivity contribution >= 4 is 11.4 Å². The molecule has 1 aliphatic heterocycles. The van der Waals surface area contributed by atoms with Gasteiger partial charge in [-0.05, 0) is 48.9 Å². The minimum absolute atomic E-state index is 0.0151. The van der Waals surface area contributed by atoms with Gasteiger partial charge in [-0.25, -0.2) is 0 Å². The molecule has 0 aromatic heterocycles. The fourth-order valence-corrected chi connectivity index (χ4v) is 3.37. The summed E-state index contributed by atoms with van der Waals surface area (Å²) in [6.45, 7) is 3.40. The van der Waals surface area contributed by atoms with E-state index >= 15 is 0 Å². The monoisotopic (exact) mass is 303 g/mol. The molecule has 2 aliphatic rings. The summed E-state index contributed by atoms with van der Waals surface area (Å²) in [6, 6.07) is 5.28. The number of aliphatic hydroxyl groups is 1. The number of carbonyl (C=O) groups is 1. The molecule has 2 atom stereocenters. The summed E-state index contributed by atoms with van der Waals surface area (Å²) in [5.41, 5.74) is 2.04. The predicted octanol–water partition coefficient (Wildman–Crippen LogP) is 2.53. The lowest BCUT2D eigenvalue weighted by Crippen LogP contribution is -2.09. The van der Waals surface area contributed by atoms with E-state index in [4.69, 9.17) is 15.5 Å². The van der Waals surface area contributed by atoms with Crippen LogP contribution in [-0.4, -0.2) is 24.1 Å². The summed E-state index contributed by atoms with van der Waals surface area (Å²) in [5.74, 6) is 6.19. The summed E-state index contributed by atoms with van der Waals surface area (Å²) in [4.78, 5) is 17.1. The minimum Gasteiger partial charge on any atom is -0.511 e. The topological polar surface area (TPSA) is 81.8 Å². The van der Waals surface area contributed by atoms with E-state index in [1.165, 1.54) is 0 Å². The molecule has 1 aliphatic carbocycles. The first-order valence-corrected chi connectivity index (χ1v) is 7.62. The Kier molecular flexibility index (Phi) is 4.18. The Morgan fingerprint density at radius 2 is 2.27 bits per heavy atom. The van der Waals surface area contributed by atoms with Crippen LogP contribution in [0.2, 0.25) is 0 Å². The molecule has 2 unspecified atom stereocenters. The SMILES string of the molecule is Cc1ccc(ON)cc1C1=C(O)C(CC2CCOC2)CC1=O. The molecule has 0 spiro atoms. The lowest BCUT2D eigenvalue weighted by atomic mass is 9.92. The van der Waals surface area contributed by atoms with Gasteiger partial charge in [0.25, 0.3) is 0 Å². The fourth-order valence-electron chi connectivity index (χ4n) is 3.37. The molecule has 0 saturated carbocycles. The fraction of sp³-hybridized carbons (Fsp3) is 0.471. The number of ketones is 1. The van der Waals surface area contributed by atoms with Gasteiger partial charge in [0.15, 0.2) is 5.78 Å². The second kappa shape index (κ2) is 6.10. The number of nitrogens with two attached hydrogens (primary N) is 1. The van der Waals surface area contributed by atoms with Crippen molar-refractivity contribution in [3.8, 4) is 5.75 Å². The van der Waals surface area contributed by atoms with Gasteiger partial charge in [-0.2, -0.15) is 5.90 Å². The second-order valence-electron chi connectivity index (χ2n) is 6.14. The number of aryl methyl sites for hydroxylation is 1. The summed E-state index contributed by atoms with van der Waals surface area (Å²) in [7, 11) is 0. The maximum Gasteiger partial charge on any atom is 0.167 e. The average Bonchev–Trinajstić information content (AvgIpc) is 3.10. The maximum atomic E-state index is 12.4. The third kappa shape index (κ3) is 2.74. The first kappa shape index (κ1) is 15.1. The number of ether oxygens (including phenoxy) is 1. The Balaban J connectivity index is 1.90. The highest BCUT2D eigenvalue weighted by molar-refractivity contribution is 6.24. The highest BCUT2D eigenvalue weighted by Crippen LogP contribution is 2.40. The van der Waals surface area contributed by atoms with Crippen molar-refractivity contribution < 1.29 is 19.5 Å². The molecule has 1 aromatic rings. The molecule has 1 fully saturated rings. The van der Waals surface area contributed by atoms with Crippen LogP contribution >= 0.6 is 0 Å². The van der Waals surface area contributed by atoms with Crippen LogP contribution < -0.4 is 10.7 Å². The van der Waals surface area contributed by atoms with Crippen molar-refractivity contribution in [2.75, 3.05) is 13.2 Å². The van der Waals surface area contributed by atoms with Crippen LogP contribution in [-0.2, 0) is 9.53 Å². The van der Waals surface area contributed by atoms with E-state index in [0.29, 0.717) is 29.2 Å². The number of benzene rings is 1. The van der Waals surface area contributed by atoms with E-state index in [-0.39, 0.29) is 17.5 Å². The van der Waals surface area contributed by atoms with E-state index in [1.807, 2.05) is 13.0 Å². The predicted molar refractivity (Wildman–Crippen MR) is 82.2 cm³/mol. The minimum atomic E-state index is -0.101. The number of aliphatic hydroxyl groups excluding tert-OH is 1. The zero-order chi connectivity index (χ0) is 15.7.